The zero-order valence-electron chi connectivity index (χ0n) is 7.77. The Hall–Kier alpha value is -1.39. The van der Waals surface area contributed by atoms with E-state index in [1.807, 2.05) is 0 Å². The summed E-state index contributed by atoms with van der Waals surface area (Å²) in [7, 11) is 0. The highest BCUT2D eigenvalue weighted by molar-refractivity contribution is 5.96. The molecule has 2 N–H and O–H groups in total. The van der Waals surface area contributed by atoms with Crippen LogP contribution in [0.25, 0.3) is 0 Å². The molecule has 1 rings (SSSR count). The summed E-state index contributed by atoms with van der Waals surface area (Å²) in [5, 5.41) is 17.6. The normalized spacial score (nSPS) is 31.8. The monoisotopic (exact) mass is 200 g/mol. The predicted octanol–water partition coefficient (Wildman–Crippen LogP) is 0.387. The lowest BCUT2D eigenvalue weighted by Gasteiger charge is -2.15. The fourth-order valence-corrected chi connectivity index (χ4v) is 2.04. The molecule has 1 aliphatic carbocycles. The van der Waals surface area contributed by atoms with Crippen molar-refractivity contribution in [3.63, 3.8) is 0 Å². The molecule has 1 aliphatic rings. The Morgan fingerprint density at radius 2 is 1.93 bits per heavy atom. The summed E-state index contributed by atoms with van der Waals surface area (Å²) in [6, 6.07) is 0. The van der Waals surface area contributed by atoms with Gasteiger partial charge in [0, 0.05) is 12.3 Å². The lowest BCUT2D eigenvalue weighted by Crippen LogP contribution is -2.29. The van der Waals surface area contributed by atoms with E-state index in [1.165, 1.54) is 0 Å². The molecule has 0 spiro atoms. The molecule has 5 nitrogen and oxygen atoms in total. The first-order valence-corrected chi connectivity index (χ1v) is 4.47. The van der Waals surface area contributed by atoms with Crippen LogP contribution in [0.3, 0.4) is 0 Å². The maximum atomic E-state index is 11.3. The first kappa shape index (κ1) is 10.7. The molecule has 78 valence electrons. The van der Waals surface area contributed by atoms with E-state index in [9.17, 15) is 14.4 Å². The van der Waals surface area contributed by atoms with E-state index in [1.54, 1.807) is 6.92 Å². The second-order valence-corrected chi connectivity index (χ2v) is 3.49. The van der Waals surface area contributed by atoms with Crippen LogP contribution in [0.2, 0.25) is 0 Å². The van der Waals surface area contributed by atoms with E-state index in [-0.39, 0.29) is 12.2 Å². The molecule has 1 fully saturated rings. The number of hydrogen-bond donors (Lipinski definition) is 2. The fraction of sp³-hybridized carbons (Fsp3) is 0.667. The predicted molar refractivity (Wildman–Crippen MR) is 45.7 cm³/mol. The molecule has 5 heteroatoms. The Morgan fingerprint density at radius 1 is 1.36 bits per heavy atom. The quantitative estimate of drug-likeness (QED) is 0.687. The summed E-state index contributed by atoms with van der Waals surface area (Å²) in [5.41, 5.74) is 0. The Kier molecular flexibility index (Phi) is 2.88. The van der Waals surface area contributed by atoms with Crippen LogP contribution in [0.15, 0.2) is 0 Å². The standard InChI is InChI=1S/C9H12O5/c1-2-4-6(10)3-5(8(11)12)7(4)9(13)14/h4-5,7H,2-3H2,1H3,(H,11,12)(H,13,14)/t4-,5-,7+/m1/s1. The topological polar surface area (TPSA) is 91.7 Å². The van der Waals surface area contributed by atoms with Gasteiger partial charge in [0.1, 0.15) is 5.78 Å². The molecule has 0 aliphatic heterocycles. The molecule has 0 radical (unpaired) electrons. The number of carbonyl (C=O) groups excluding carboxylic acids is 1. The van der Waals surface area contributed by atoms with Crippen LogP contribution in [0.5, 0.6) is 0 Å². The van der Waals surface area contributed by atoms with Gasteiger partial charge in [0.05, 0.1) is 11.8 Å². The Balaban J connectivity index is 2.96. The molecule has 1 saturated carbocycles. The second kappa shape index (κ2) is 3.77. The Morgan fingerprint density at radius 3 is 2.29 bits per heavy atom. The van der Waals surface area contributed by atoms with Gasteiger partial charge in [0.25, 0.3) is 0 Å². The molecule has 0 aromatic heterocycles. The van der Waals surface area contributed by atoms with Crippen LogP contribution in [0.1, 0.15) is 19.8 Å². The SMILES string of the molecule is CC[C@@H]1C(=O)C[C@@H](C(=O)O)[C@H]1C(=O)O. The molecule has 0 aromatic carbocycles. The average Bonchev–Trinajstić information content (AvgIpc) is 2.42. The molecule has 0 saturated heterocycles. The maximum absolute atomic E-state index is 11.3. The smallest absolute Gasteiger partial charge is 0.308 e. The molecule has 0 heterocycles. The number of carboxylic acids is 2. The van der Waals surface area contributed by atoms with Crippen LogP contribution >= 0.6 is 0 Å². The van der Waals surface area contributed by atoms with Crippen molar-refractivity contribution < 1.29 is 24.6 Å². The van der Waals surface area contributed by atoms with E-state index >= 15 is 0 Å². The number of ketones is 1. The van der Waals surface area contributed by atoms with Crippen molar-refractivity contribution in [3.8, 4) is 0 Å². The van der Waals surface area contributed by atoms with Crippen LogP contribution in [-0.2, 0) is 14.4 Å². The third-order valence-electron chi connectivity index (χ3n) is 2.74. The Bertz CT molecular complexity index is 283. The van der Waals surface area contributed by atoms with Crippen LogP contribution in [0, 0.1) is 17.8 Å². The lowest BCUT2D eigenvalue weighted by molar-refractivity contribution is -0.153. The number of rotatable bonds is 3. The summed E-state index contributed by atoms with van der Waals surface area (Å²) in [6.45, 7) is 1.70. The van der Waals surface area contributed by atoms with Crippen LogP contribution in [0.4, 0.5) is 0 Å². The number of carboxylic acid groups (broad SMARTS) is 2. The van der Waals surface area contributed by atoms with Gasteiger partial charge in [-0.2, -0.15) is 0 Å². The summed E-state index contributed by atoms with van der Waals surface area (Å²) in [5.74, 6) is -5.35. The van der Waals surface area contributed by atoms with Crippen molar-refractivity contribution in [1.82, 2.24) is 0 Å². The molecule has 0 unspecified atom stereocenters. The van der Waals surface area contributed by atoms with E-state index in [2.05, 4.69) is 0 Å². The third-order valence-corrected chi connectivity index (χ3v) is 2.74. The molecule has 0 amide bonds. The van der Waals surface area contributed by atoms with Gasteiger partial charge >= 0.3 is 11.9 Å². The van der Waals surface area contributed by atoms with Crippen LogP contribution < -0.4 is 0 Å². The van der Waals surface area contributed by atoms with E-state index < -0.39 is 29.7 Å². The van der Waals surface area contributed by atoms with Gasteiger partial charge < -0.3 is 10.2 Å². The summed E-state index contributed by atoms with van der Waals surface area (Å²) < 4.78 is 0. The van der Waals surface area contributed by atoms with Gasteiger partial charge in [0.2, 0.25) is 0 Å². The van der Waals surface area contributed by atoms with Crippen LogP contribution in [-0.4, -0.2) is 27.9 Å². The highest BCUT2D eigenvalue weighted by Crippen LogP contribution is 2.36. The average molecular weight is 200 g/mol. The molecule has 0 bridgehead atoms. The second-order valence-electron chi connectivity index (χ2n) is 3.49. The zero-order valence-corrected chi connectivity index (χ0v) is 7.77. The molecule has 14 heavy (non-hydrogen) atoms. The first-order valence-electron chi connectivity index (χ1n) is 4.47. The van der Waals surface area contributed by atoms with Crippen molar-refractivity contribution in [2.24, 2.45) is 17.8 Å². The van der Waals surface area contributed by atoms with Gasteiger partial charge in [-0.15, -0.1) is 0 Å². The minimum atomic E-state index is -1.19. The number of carbonyl (C=O) groups is 3. The van der Waals surface area contributed by atoms with Crippen molar-refractivity contribution in [2.45, 2.75) is 19.8 Å². The van der Waals surface area contributed by atoms with Gasteiger partial charge in [-0.25, -0.2) is 0 Å². The fourth-order valence-electron chi connectivity index (χ4n) is 2.04. The molecule has 3 atom stereocenters. The summed E-state index contributed by atoms with van der Waals surface area (Å²) in [4.78, 5) is 32.8. The van der Waals surface area contributed by atoms with E-state index in [0.717, 1.165) is 0 Å². The summed E-state index contributed by atoms with van der Waals surface area (Å²) in [6.07, 6.45) is 0.240. The van der Waals surface area contributed by atoms with Crippen molar-refractivity contribution >= 4 is 17.7 Å². The summed E-state index contributed by atoms with van der Waals surface area (Å²) >= 11 is 0. The first-order chi connectivity index (χ1) is 6.49. The van der Waals surface area contributed by atoms with Crippen molar-refractivity contribution in [3.05, 3.63) is 0 Å². The van der Waals surface area contributed by atoms with Crippen molar-refractivity contribution in [2.75, 3.05) is 0 Å². The van der Waals surface area contributed by atoms with E-state index in [4.69, 9.17) is 10.2 Å². The molecular weight excluding hydrogens is 188 g/mol. The minimum absolute atomic E-state index is 0.148. The van der Waals surface area contributed by atoms with Gasteiger partial charge in [0.15, 0.2) is 0 Å². The number of Topliss-reactive ketones (excluding diaryl/α,β-unsaturated/α-hetero) is 1. The highest BCUT2D eigenvalue weighted by Gasteiger charge is 2.48. The largest absolute Gasteiger partial charge is 0.481 e. The highest BCUT2D eigenvalue weighted by atomic mass is 16.4. The van der Waals surface area contributed by atoms with Gasteiger partial charge in [-0.3, -0.25) is 14.4 Å². The molecular formula is C9H12O5. The van der Waals surface area contributed by atoms with Crippen molar-refractivity contribution in [1.29, 1.82) is 0 Å². The lowest BCUT2D eigenvalue weighted by atomic mass is 9.88. The van der Waals surface area contributed by atoms with Gasteiger partial charge in [-0.1, -0.05) is 6.92 Å². The Labute approximate surface area is 80.7 Å². The molecule has 0 aromatic rings. The third kappa shape index (κ3) is 1.62. The minimum Gasteiger partial charge on any atom is -0.481 e. The number of aliphatic carboxylic acids is 2. The zero-order chi connectivity index (χ0) is 10.9. The van der Waals surface area contributed by atoms with E-state index in [0.29, 0.717) is 6.42 Å². The maximum Gasteiger partial charge on any atom is 0.308 e. The van der Waals surface area contributed by atoms with Gasteiger partial charge in [-0.05, 0) is 6.42 Å². The number of hydrogen-bond acceptors (Lipinski definition) is 3.